The van der Waals surface area contributed by atoms with E-state index in [2.05, 4.69) is 19.2 Å². The molecule has 1 unspecified atom stereocenters. The molecule has 0 aromatic carbocycles. The average Bonchev–Trinajstić information content (AvgIpc) is 2.26. The first-order chi connectivity index (χ1) is 7.35. The van der Waals surface area contributed by atoms with Gasteiger partial charge in [-0.2, -0.15) is 0 Å². The Morgan fingerprint density at radius 2 is 1.80 bits per heavy atom. The number of halogens is 1. The lowest BCUT2D eigenvalue weighted by Crippen LogP contribution is -2.23. The Labute approximate surface area is 101 Å². The fourth-order valence-corrected chi connectivity index (χ4v) is 2.07. The summed E-state index contributed by atoms with van der Waals surface area (Å²) in [6.45, 7) is 6.84. The zero-order valence-corrected chi connectivity index (χ0v) is 11.3. The lowest BCUT2D eigenvalue weighted by atomic mass is 10.0. The first-order valence-electron chi connectivity index (χ1n) is 6.61. The van der Waals surface area contributed by atoms with Gasteiger partial charge in [0, 0.05) is 5.88 Å². The third kappa shape index (κ3) is 10.5. The van der Waals surface area contributed by atoms with Gasteiger partial charge in [-0.3, -0.25) is 0 Å². The van der Waals surface area contributed by atoms with Crippen molar-refractivity contribution in [2.24, 2.45) is 5.92 Å². The van der Waals surface area contributed by atoms with Crippen LogP contribution in [0.4, 0.5) is 0 Å². The van der Waals surface area contributed by atoms with Crippen LogP contribution in [0.25, 0.3) is 0 Å². The lowest BCUT2D eigenvalue weighted by molar-refractivity contribution is 0.445. The van der Waals surface area contributed by atoms with Crippen LogP contribution < -0.4 is 5.32 Å². The second-order valence-corrected chi connectivity index (χ2v) is 4.75. The molecule has 0 aliphatic heterocycles. The van der Waals surface area contributed by atoms with Crippen molar-refractivity contribution in [3.05, 3.63) is 0 Å². The minimum Gasteiger partial charge on any atom is -0.316 e. The number of rotatable bonds is 11. The van der Waals surface area contributed by atoms with Crippen molar-refractivity contribution in [3.8, 4) is 0 Å². The Bertz CT molecular complexity index is 117. The second kappa shape index (κ2) is 12.3. The molecule has 0 spiro atoms. The fourth-order valence-electron chi connectivity index (χ4n) is 1.76. The van der Waals surface area contributed by atoms with E-state index >= 15 is 0 Å². The molecule has 0 heterocycles. The average molecular weight is 234 g/mol. The molecule has 92 valence electrons. The highest BCUT2D eigenvalue weighted by Gasteiger charge is 2.03. The molecule has 1 atom stereocenters. The largest absolute Gasteiger partial charge is 0.316 e. The monoisotopic (exact) mass is 233 g/mol. The number of hydrogen-bond donors (Lipinski definition) is 1. The normalized spacial score (nSPS) is 13.0. The number of unbranched alkanes of at least 4 members (excludes halogenated alkanes) is 4. The smallest absolute Gasteiger partial charge is 0.0226 e. The van der Waals surface area contributed by atoms with Crippen molar-refractivity contribution in [1.82, 2.24) is 5.32 Å². The first kappa shape index (κ1) is 15.2. The SMILES string of the molecule is CCCCCCCNCC(CC)CCCl. The summed E-state index contributed by atoms with van der Waals surface area (Å²) in [6.07, 6.45) is 9.24. The van der Waals surface area contributed by atoms with E-state index in [-0.39, 0.29) is 0 Å². The van der Waals surface area contributed by atoms with Gasteiger partial charge in [0.15, 0.2) is 0 Å². The highest BCUT2D eigenvalue weighted by molar-refractivity contribution is 6.17. The Balaban J connectivity index is 3.14. The summed E-state index contributed by atoms with van der Waals surface area (Å²) >= 11 is 5.74. The summed E-state index contributed by atoms with van der Waals surface area (Å²) in [5, 5.41) is 3.54. The molecule has 0 aliphatic rings. The molecule has 0 saturated carbocycles. The Kier molecular flexibility index (Phi) is 12.5. The van der Waals surface area contributed by atoms with Gasteiger partial charge in [-0.1, -0.05) is 46.0 Å². The minimum absolute atomic E-state index is 0.776. The van der Waals surface area contributed by atoms with Gasteiger partial charge in [0.25, 0.3) is 0 Å². The van der Waals surface area contributed by atoms with Gasteiger partial charge in [0.1, 0.15) is 0 Å². The molecular formula is C13H28ClN. The van der Waals surface area contributed by atoms with Crippen LogP contribution in [0.5, 0.6) is 0 Å². The molecule has 0 radical (unpaired) electrons. The highest BCUT2D eigenvalue weighted by atomic mass is 35.5. The number of nitrogens with one attached hydrogen (secondary N) is 1. The van der Waals surface area contributed by atoms with Crippen molar-refractivity contribution in [1.29, 1.82) is 0 Å². The van der Waals surface area contributed by atoms with Crippen LogP contribution in [0.2, 0.25) is 0 Å². The molecule has 0 bridgehead atoms. The van der Waals surface area contributed by atoms with E-state index in [0.29, 0.717) is 0 Å². The number of alkyl halides is 1. The van der Waals surface area contributed by atoms with Crippen molar-refractivity contribution < 1.29 is 0 Å². The summed E-state index contributed by atoms with van der Waals surface area (Å²) in [7, 11) is 0. The molecule has 0 rings (SSSR count). The summed E-state index contributed by atoms with van der Waals surface area (Å²) in [6, 6.07) is 0. The van der Waals surface area contributed by atoms with Crippen LogP contribution in [0.3, 0.4) is 0 Å². The molecule has 0 saturated heterocycles. The van der Waals surface area contributed by atoms with Gasteiger partial charge < -0.3 is 5.32 Å². The molecule has 0 fully saturated rings. The summed E-state index contributed by atoms with van der Waals surface area (Å²) < 4.78 is 0. The van der Waals surface area contributed by atoms with Crippen LogP contribution >= 0.6 is 11.6 Å². The van der Waals surface area contributed by atoms with Gasteiger partial charge in [-0.05, 0) is 31.8 Å². The summed E-state index contributed by atoms with van der Waals surface area (Å²) in [4.78, 5) is 0. The predicted molar refractivity (Wildman–Crippen MR) is 70.7 cm³/mol. The maximum absolute atomic E-state index is 5.74. The zero-order chi connectivity index (χ0) is 11.4. The quantitative estimate of drug-likeness (QED) is 0.417. The van der Waals surface area contributed by atoms with Gasteiger partial charge in [-0.25, -0.2) is 0 Å². The Morgan fingerprint density at radius 3 is 2.40 bits per heavy atom. The maximum atomic E-state index is 5.74. The Hall–Kier alpha value is 0.250. The lowest BCUT2D eigenvalue weighted by Gasteiger charge is -2.13. The van der Waals surface area contributed by atoms with Gasteiger partial charge >= 0.3 is 0 Å². The molecule has 2 heteroatoms. The number of hydrogen-bond acceptors (Lipinski definition) is 1. The standard InChI is InChI=1S/C13H28ClN/c1-3-5-6-7-8-11-15-12-13(4-2)9-10-14/h13,15H,3-12H2,1-2H3. The van der Waals surface area contributed by atoms with E-state index in [1.165, 1.54) is 45.1 Å². The van der Waals surface area contributed by atoms with E-state index in [1.807, 2.05) is 0 Å². The maximum Gasteiger partial charge on any atom is 0.0226 e. The summed E-state index contributed by atoms with van der Waals surface area (Å²) in [5.41, 5.74) is 0. The van der Waals surface area contributed by atoms with E-state index in [1.54, 1.807) is 0 Å². The first-order valence-corrected chi connectivity index (χ1v) is 7.15. The van der Waals surface area contributed by atoms with Crippen molar-refractivity contribution in [2.75, 3.05) is 19.0 Å². The molecule has 0 aromatic heterocycles. The molecule has 0 aromatic rings. The molecule has 0 aliphatic carbocycles. The van der Waals surface area contributed by atoms with E-state index < -0.39 is 0 Å². The van der Waals surface area contributed by atoms with E-state index in [9.17, 15) is 0 Å². The van der Waals surface area contributed by atoms with E-state index in [0.717, 1.165) is 24.8 Å². The fraction of sp³-hybridized carbons (Fsp3) is 1.00. The van der Waals surface area contributed by atoms with Crippen LogP contribution in [0.1, 0.15) is 58.8 Å². The van der Waals surface area contributed by atoms with Crippen molar-refractivity contribution >= 4 is 11.6 Å². The molecule has 15 heavy (non-hydrogen) atoms. The van der Waals surface area contributed by atoms with Crippen LogP contribution in [0, 0.1) is 5.92 Å². The van der Waals surface area contributed by atoms with Crippen LogP contribution in [0.15, 0.2) is 0 Å². The molecule has 1 N–H and O–H groups in total. The van der Waals surface area contributed by atoms with Gasteiger partial charge in [0.05, 0.1) is 0 Å². The third-order valence-electron chi connectivity index (χ3n) is 2.98. The molecule has 1 nitrogen and oxygen atoms in total. The molecular weight excluding hydrogens is 206 g/mol. The highest BCUT2D eigenvalue weighted by Crippen LogP contribution is 2.07. The van der Waals surface area contributed by atoms with Gasteiger partial charge in [-0.15, -0.1) is 11.6 Å². The van der Waals surface area contributed by atoms with E-state index in [4.69, 9.17) is 11.6 Å². The zero-order valence-electron chi connectivity index (χ0n) is 10.5. The van der Waals surface area contributed by atoms with Crippen molar-refractivity contribution in [3.63, 3.8) is 0 Å². The predicted octanol–water partition coefficient (Wildman–Crippen LogP) is 4.20. The third-order valence-corrected chi connectivity index (χ3v) is 3.20. The van der Waals surface area contributed by atoms with Crippen molar-refractivity contribution in [2.45, 2.75) is 58.8 Å². The van der Waals surface area contributed by atoms with Gasteiger partial charge in [0.2, 0.25) is 0 Å². The second-order valence-electron chi connectivity index (χ2n) is 4.37. The minimum atomic E-state index is 0.776. The van der Waals surface area contributed by atoms with Crippen LogP contribution in [-0.4, -0.2) is 19.0 Å². The topological polar surface area (TPSA) is 12.0 Å². The Morgan fingerprint density at radius 1 is 1.07 bits per heavy atom. The molecule has 0 amide bonds. The van der Waals surface area contributed by atoms with Crippen LogP contribution in [-0.2, 0) is 0 Å². The summed E-state index contributed by atoms with van der Waals surface area (Å²) in [5.74, 6) is 1.58.